The lowest BCUT2D eigenvalue weighted by Gasteiger charge is -2.35. The highest BCUT2D eigenvalue weighted by molar-refractivity contribution is 5.52. The van der Waals surface area contributed by atoms with E-state index in [0.717, 1.165) is 0 Å². The normalized spacial score (nSPS) is 13.0. The zero-order valence-corrected chi connectivity index (χ0v) is 9.02. The molecule has 0 radical (unpaired) electrons. The van der Waals surface area contributed by atoms with E-state index in [1.165, 1.54) is 0 Å². The van der Waals surface area contributed by atoms with Crippen LogP contribution in [0.3, 0.4) is 0 Å². The van der Waals surface area contributed by atoms with Crippen molar-refractivity contribution in [3.63, 3.8) is 0 Å². The summed E-state index contributed by atoms with van der Waals surface area (Å²) in [5.74, 6) is 0. The van der Waals surface area contributed by atoms with Gasteiger partial charge in [-0.3, -0.25) is 0 Å². The molecule has 0 amide bonds. The van der Waals surface area contributed by atoms with Gasteiger partial charge in [0.25, 0.3) is 0 Å². The quantitative estimate of drug-likeness (QED) is 0.535. The predicted octanol–water partition coefficient (Wildman–Crippen LogP) is 1.82. The lowest BCUT2D eigenvalue weighted by molar-refractivity contribution is 0.533. The van der Waals surface area contributed by atoms with Crippen LogP contribution in [0.4, 0.5) is 11.4 Å². The van der Waals surface area contributed by atoms with Crippen LogP contribution < -0.4 is 9.29 Å². The Bertz CT molecular complexity index is 273. The van der Waals surface area contributed by atoms with Gasteiger partial charge in [0.05, 0.1) is 28.2 Å². The third kappa shape index (κ3) is 2.52. The Morgan fingerprint density at radius 1 is 0.714 bits per heavy atom. The fraction of sp³-hybridized carbons (Fsp3) is 0.400. The van der Waals surface area contributed by atoms with Gasteiger partial charge in [0.15, 0.2) is 0 Å². The number of quaternary nitrogens is 2. The van der Waals surface area contributed by atoms with Crippen molar-refractivity contribution in [1.29, 1.82) is 0 Å². The number of hydroxylamine groups is 4. The first-order valence-electron chi connectivity index (χ1n) is 4.42. The molecule has 1 rings (SSSR count). The van der Waals surface area contributed by atoms with Gasteiger partial charge >= 0.3 is 0 Å². The summed E-state index contributed by atoms with van der Waals surface area (Å²) in [6, 6.07) is 6.78. The molecule has 1 aromatic carbocycles. The van der Waals surface area contributed by atoms with E-state index in [0.29, 0.717) is 11.4 Å². The van der Waals surface area contributed by atoms with E-state index in [1.807, 2.05) is 0 Å². The summed E-state index contributed by atoms with van der Waals surface area (Å²) in [4.78, 5) is 0. The van der Waals surface area contributed by atoms with Crippen molar-refractivity contribution in [2.75, 3.05) is 28.2 Å². The molecule has 4 heteroatoms. The van der Waals surface area contributed by atoms with Gasteiger partial charge < -0.3 is 19.7 Å². The molecule has 0 heterocycles. The Labute approximate surface area is 84.3 Å². The molecule has 0 bridgehead atoms. The predicted molar refractivity (Wildman–Crippen MR) is 60.5 cm³/mol. The number of hydrogen-bond acceptors (Lipinski definition) is 2. The molecule has 14 heavy (non-hydrogen) atoms. The maximum Gasteiger partial charge on any atom is 0.132 e. The van der Waals surface area contributed by atoms with E-state index in [1.54, 1.807) is 52.5 Å². The standard InChI is InChI=1S/C10H16N2O2/c1-11(2,13)9-5-7-10(8-6-9)12(3,4)14/h5-8H,1-4H3. The van der Waals surface area contributed by atoms with Crippen molar-refractivity contribution >= 4 is 11.4 Å². The molecule has 0 unspecified atom stereocenters. The third-order valence-electron chi connectivity index (χ3n) is 2.09. The Morgan fingerprint density at radius 2 is 0.929 bits per heavy atom. The van der Waals surface area contributed by atoms with Gasteiger partial charge in [0.2, 0.25) is 0 Å². The minimum atomic E-state index is -0.480. The van der Waals surface area contributed by atoms with Crippen LogP contribution in [-0.2, 0) is 0 Å². The van der Waals surface area contributed by atoms with Crippen LogP contribution in [0.5, 0.6) is 0 Å². The van der Waals surface area contributed by atoms with Crippen molar-refractivity contribution < 1.29 is 0 Å². The molecular weight excluding hydrogens is 180 g/mol. The summed E-state index contributed by atoms with van der Waals surface area (Å²) < 4.78 is -0.959. The highest BCUT2D eigenvalue weighted by Gasteiger charge is 2.11. The Kier molecular flexibility index (Phi) is 2.65. The minimum Gasteiger partial charge on any atom is -0.628 e. The molecule has 4 nitrogen and oxygen atoms in total. The topological polar surface area (TPSA) is 46.1 Å². The molecule has 0 N–H and O–H groups in total. The van der Waals surface area contributed by atoms with Crippen LogP contribution >= 0.6 is 0 Å². The SMILES string of the molecule is C[N+](C)([O-])c1ccc([N+](C)(C)[O-])cc1. The number of nitrogens with zero attached hydrogens (tertiary/aromatic N) is 2. The van der Waals surface area contributed by atoms with Crippen LogP contribution in [-0.4, -0.2) is 28.2 Å². The first-order chi connectivity index (χ1) is 6.21. The fourth-order valence-corrected chi connectivity index (χ4v) is 1.17. The van der Waals surface area contributed by atoms with Crippen molar-refractivity contribution in [3.8, 4) is 0 Å². The summed E-state index contributed by atoms with van der Waals surface area (Å²) in [6.07, 6.45) is 0. The molecule has 0 aliphatic carbocycles. The average molecular weight is 196 g/mol. The van der Waals surface area contributed by atoms with Gasteiger partial charge in [-0.15, -0.1) is 0 Å². The largest absolute Gasteiger partial charge is 0.628 e. The summed E-state index contributed by atoms with van der Waals surface area (Å²) in [7, 11) is 6.19. The minimum absolute atomic E-state index is 0.480. The Morgan fingerprint density at radius 3 is 1.07 bits per heavy atom. The summed E-state index contributed by atoms with van der Waals surface area (Å²) in [5.41, 5.74) is 1.28. The molecule has 0 aliphatic rings. The van der Waals surface area contributed by atoms with Gasteiger partial charge in [0, 0.05) is 24.3 Å². The van der Waals surface area contributed by atoms with Crippen molar-refractivity contribution in [3.05, 3.63) is 34.7 Å². The van der Waals surface area contributed by atoms with E-state index in [2.05, 4.69) is 0 Å². The van der Waals surface area contributed by atoms with Crippen molar-refractivity contribution in [2.45, 2.75) is 0 Å². The number of benzene rings is 1. The summed E-state index contributed by atoms with van der Waals surface area (Å²) in [5, 5.41) is 23.0. The van der Waals surface area contributed by atoms with Gasteiger partial charge in [-0.25, -0.2) is 0 Å². The van der Waals surface area contributed by atoms with Gasteiger partial charge in [-0.1, -0.05) is 0 Å². The van der Waals surface area contributed by atoms with Gasteiger partial charge in [-0.2, -0.15) is 0 Å². The molecule has 0 atom stereocenters. The zero-order chi connectivity index (χ0) is 11.0. The van der Waals surface area contributed by atoms with Crippen LogP contribution in [0, 0.1) is 10.4 Å². The molecular formula is C10H16N2O2. The number of hydrogen-bond donors (Lipinski definition) is 0. The Balaban J connectivity index is 3.02. The third-order valence-corrected chi connectivity index (χ3v) is 2.09. The van der Waals surface area contributed by atoms with Crippen LogP contribution in [0.15, 0.2) is 24.3 Å². The first-order valence-corrected chi connectivity index (χ1v) is 4.42. The second kappa shape index (κ2) is 3.33. The number of rotatable bonds is 2. The van der Waals surface area contributed by atoms with Crippen molar-refractivity contribution in [1.82, 2.24) is 9.29 Å². The maximum atomic E-state index is 11.5. The van der Waals surface area contributed by atoms with E-state index >= 15 is 0 Å². The van der Waals surface area contributed by atoms with E-state index in [-0.39, 0.29) is 0 Å². The van der Waals surface area contributed by atoms with Crippen LogP contribution in [0.2, 0.25) is 0 Å². The van der Waals surface area contributed by atoms with Crippen molar-refractivity contribution in [2.24, 2.45) is 0 Å². The highest BCUT2D eigenvalue weighted by Crippen LogP contribution is 2.24. The average Bonchev–Trinajstić information content (AvgIpc) is 2.01. The lowest BCUT2D eigenvalue weighted by Crippen LogP contribution is -2.34. The van der Waals surface area contributed by atoms with E-state index < -0.39 is 9.29 Å². The summed E-state index contributed by atoms with van der Waals surface area (Å²) >= 11 is 0. The molecule has 0 saturated heterocycles. The van der Waals surface area contributed by atoms with Gasteiger partial charge in [0.1, 0.15) is 11.4 Å². The fourth-order valence-electron chi connectivity index (χ4n) is 1.17. The molecule has 0 saturated carbocycles. The molecule has 0 fully saturated rings. The van der Waals surface area contributed by atoms with E-state index in [9.17, 15) is 10.4 Å². The van der Waals surface area contributed by atoms with E-state index in [4.69, 9.17) is 0 Å². The first kappa shape index (κ1) is 11.1. The maximum absolute atomic E-state index is 11.5. The molecule has 0 aromatic heterocycles. The zero-order valence-electron chi connectivity index (χ0n) is 9.02. The molecule has 78 valence electrons. The molecule has 0 aliphatic heterocycles. The Hall–Kier alpha value is -0.940. The lowest BCUT2D eigenvalue weighted by atomic mass is 10.2. The van der Waals surface area contributed by atoms with Gasteiger partial charge in [-0.05, 0) is 0 Å². The monoisotopic (exact) mass is 196 g/mol. The molecule has 1 aromatic rings. The second-order valence-electron chi connectivity index (χ2n) is 4.22. The highest BCUT2D eigenvalue weighted by atomic mass is 16.5. The summed E-state index contributed by atoms with van der Waals surface area (Å²) in [6.45, 7) is 0. The molecule has 0 spiro atoms. The second-order valence-corrected chi connectivity index (χ2v) is 4.22. The van der Waals surface area contributed by atoms with Crippen LogP contribution in [0.1, 0.15) is 0 Å². The smallest absolute Gasteiger partial charge is 0.132 e. The van der Waals surface area contributed by atoms with Crippen LogP contribution in [0.25, 0.3) is 0 Å².